The number of aliphatic hydroxyl groups is 1. The number of benzene rings is 1. The average Bonchev–Trinajstić information content (AvgIpc) is 3.23. The number of aromatic nitrogens is 1. The van der Waals surface area contributed by atoms with Gasteiger partial charge in [0.25, 0.3) is 0 Å². The van der Waals surface area contributed by atoms with Crippen molar-refractivity contribution in [1.29, 1.82) is 0 Å². The predicted octanol–water partition coefficient (Wildman–Crippen LogP) is 4.12. The fourth-order valence-electron chi connectivity index (χ4n) is 4.25. The van der Waals surface area contributed by atoms with Crippen LogP contribution in [0.1, 0.15) is 30.8 Å². The third-order valence-corrected chi connectivity index (χ3v) is 5.86. The Morgan fingerprint density at radius 3 is 2.47 bits per heavy atom. The van der Waals surface area contributed by atoms with Gasteiger partial charge in [0.15, 0.2) is 5.76 Å². The van der Waals surface area contributed by atoms with E-state index in [1.807, 2.05) is 19.9 Å². The van der Waals surface area contributed by atoms with E-state index in [9.17, 15) is 9.90 Å². The van der Waals surface area contributed by atoms with Gasteiger partial charge in [-0.25, -0.2) is 9.79 Å². The van der Waals surface area contributed by atoms with Gasteiger partial charge in [-0.05, 0) is 69.7 Å². The summed E-state index contributed by atoms with van der Waals surface area (Å²) < 4.78 is 12.7. The molecule has 168 valence electrons. The van der Waals surface area contributed by atoms with Crippen LogP contribution in [-0.4, -0.2) is 54.3 Å². The Bertz CT molecular complexity index is 1120. The maximum atomic E-state index is 12.2. The van der Waals surface area contributed by atoms with Gasteiger partial charge in [-0.15, -0.1) is 0 Å². The molecule has 0 bridgehead atoms. The molecule has 0 aliphatic carbocycles. The van der Waals surface area contributed by atoms with E-state index < -0.39 is 5.97 Å². The number of aliphatic hydroxyl groups excluding tert-OH is 1. The summed E-state index contributed by atoms with van der Waals surface area (Å²) in [4.78, 5) is 18.9. The molecule has 0 saturated carbocycles. The molecule has 32 heavy (non-hydrogen) atoms. The number of hydrogen-bond donors (Lipinski definition) is 1. The quantitative estimate of drug-likeness (QED) is 0.715. The third kappa shape index (κ3) is 4.08. The second-order valence-electron chi connectivity index (χ2n) is 7.95. The molecule has 3 heterocycles. The first kappa shape index (κ1) is 21.9. The number of anilines is 1. The monoisotopic (exact) mass is 435 g/mol. The molecule has 0 radical (unpaired) electrons. The summed E-state index contributed by atoms with van der Waals surface area (Å²) in [6, 6.07) is 10.6. The number of ether oxygens (including phenoxy) is 2. The molecule has 0 amide bonds. The molecule has 4 rings (SSSR count). The standard InChI is InChI=1S/C25H29N3O4/c1-5-32-25(30)23-17(3)26-22(24(23)29)15-19-14-16(2)28(18(19)4)21-8-6-20(7-9-21)27-10-12-31-13-11-27/h6-9,14-15,29H,5,10-13H2,1-4H3/b22-15+. The summed E-state index contributed by atoms with van der Waals surface area (Å²) in [5, 5.41) is 10.6. The number of esters is 1. The van der Waals surface area contributed by atoms with Crippen molar-refractivity contribution in [2.75, 3.05) is 37.8 Å². The first-order valence-corrected chi connectivity index (χ1v) is 10.9. The Labute approximate surface area is 188 Å². The minimum atomic E-state index is -0.555. The lowest BCUT2D eigenvalue weighted by Gasteiger charge is -2.29. The first-order chi connectivity index (χ1) is 15.4. The fraction of sp³-hybridized carbons (Fsp3) is 0.360. The van der Waals surface area contributed by atoms with Crippen LogP contribution in [0.2, 0.25) is 0 Å². The van der Waals surface area contributed by atoms with Gasteiger partial charge in [-0.3, -0.25) is 0 Å². The van der Waals surface area contributed by atoms with Gasteiger partial charge in [0.05, 0.1) is 25.5 Å². The van der Waals surface area contributed by atoms with Gasteiger partial charge in [0.1, 0.15) is 11.3 Å². The van der Waals surface area contributed by atoms with E-state index in [-0.39, 0.29) is 17.9 Å². The van der Waals surface area contributed by atoms with Crippen molar-refractivity contribution in [3.63, 3.8) is 0 Å². The zero-order valence-electron chi connectivity index (χ0n) is 19.0. The van der Waals surface area contributed by atoms with Gasteiger partial charge >= 0.3 is 5.97 Å². The molecule has 7 heteroatoms. The van der Waals surface area contributed by atoms with Crippen LogP contribution in [0.3, 0.4) is 0 Å². The third-order valence-electron chi connectivity index (χ3n) is 5.86. The Kier molecular flexibility index (Phi) is 6.19. The highest BCUT2D eigenvalue weighted by atomic mass is 16.5. The highest BCUT2D eigenvalue weighted by Crippen LogP contribution is 2.30. The molecule has 1 aromatic carbocycles. The van der Waals surface area contributed by atoms with Crippen LogP contribution in [0.25, 0.3) is 11.8 Å². The SMILES string of the molecule is CCOC(=O)C1=C(O)/C(=C\c2cc(C)n(-c3ccc(N4CCOCC4)cc3)c2C)N=C1C. The van der Waals surface area contributed by atoms with Crippen LogP contribution in [-0.2, 0) is 14.3 Å². The molecule has 1 fully saturated rings. The highest BCUT2D eigenvalue weighted by molar-refractivity contribution is 6.22. The molecule has 0 spiro atoms. The lowest BCUT2D eigenvalue weighted by Crippen LogP contribution is -2.36. The summed E-state index contributed by atoms with van der Waals surface area (Å²) in [6.45, 7) is 11.1. The van der Waals surface area contributed by atoms with Gasteiger partial charge < -0.3 is 24.0 Å². The lowest BCUT2D eigenvalue weighted by atomic mass is 10.1. The van der Waals surface area contributed by atoms with E-state index >= 15 is 0 Å². The minimum absolute atomic E-state index is 0.130. The predicted molar refractivity (Wildman–Crippen MR) is 126 cm³/mol. The summed E-state index contributed by atoms with van der Waals surface area (Å²) in [6.07, 6.45) is 1.81. The molecule has 7 nitrogen and oxygen atoms in total. The van der Waals surface area contributed by atoms with Crippen LogP contribution < -0.4 is 4.90 Å². The highest BCUT2D eigenvalue weighted by Gasteiger charge is 2.28. The summed E-state index contributed by atoms with van der Waals surface area (Å²) in [7, 11) is 0. The maximum absolute atomic E-state index is 12.2. The van der Waals surface area contributed by atoms with E-state index in [0.717, 1.165) is 48.9 Å². The van der Waals surface area contributed by atoms with Crippen LogP contribution in [0.4, 0.5) is 5.69 Å². The molecule has 0 unspecified atom stereocenters. The van der Waals surface area contributed by atoms with Gasteiger partial charge in [0.2, 0.25) is 0 Å². The Hall–Kier alpha value is -3.32. The number of carbonyl (C=O) groups excluding carboxylic acids is 1. The molecular weight excluding hydrogens is 406 g/mol. The van der Waals surface area contributed by atoms with Crippen LogP contribution in [0, 0.1) is 13.8 Å². The summed E-state index contributed by atoms with van der Waals surface area (Å²) >= 11 is 0. The molecule has 2 aliphatic heterocycles. The number of carbonyl (C=O) groups is 1. The van der Waals surface area contributed by atoms with Crippen molar-refractivity contribution in [2.45, 2.75) is 27.7 Å². The lowest BCUT2D eigenvalue weighted by molar-refractivity contribution is -0.138. The van der Waals surface area contributed by atoms with Crippen molar-refractivity contribution >= 4 is 23.4 Å². The number of morpholine rings is 1. The van der Waals surface area contributed by atoms with Gasteiger partial charge in [-0.2, -0.15) is 0 Å². The smallest absolute Gasteiger partial charge is 0.343 e. The molecule has 0 atom stereocenters. The largest absolute Gasteiger partial charge is 0.505 e. The number of rotatable bonds is 5. The summed E-state index contributed by atoms with van der Waals surface area (Å²) in [5.41, 5.74) is 6.25. The normalized spacial score (nSPS) is 17.8. The van der Waals surface area contributed by atoms with E-state index in [1.165, 1.54) is 5.69 Å². The van der Waals surface area contributed by atoms with Crippen molar-refractivity contribution in [3.05, 3.63) is 64.3 Å². The number of aryl methyl sites for hydroxylation is 1. The molecule has 1 aromatic heterocycles. The molecule has 1 N–H and O–H groups in total. The zero-order valence-corrected chi connectivity index (χ0v) is 19.0. The number of aliphatic imine (C=N–C) groups is 1. The average molecular weight is 436 g/mol. The molecule has 1 saturated heterocycles. The first-order valence-electron chi connectivity index (χ1n) is 10.9. The second kappa shape index (κ2) is 9.04. The molecule has 2 aliphatic rings. The number of hydrogen-bond acceptors (Lipinski definition) is 6. The van der Waals surface area contributed by atoms with Crippen LogP contribution in [0.5, 0.6) is 0 Å². The second-order valence-corrected chi connectivity index (χ2v) is 7.95. The Morgan fingerprint density at radius 2 is 1.81 bits per heavy atom. The maximum Gasteiger partial charge on any atom is 0.343 e. The Balaban J connectivity index is 1.63. The van der Waals surface area contributed by atoms with E-state index in [0.29, 0.717) is 11.4 Å². The molecular formula is C25H29N3O4. The topological polar surface area (TPSA) is 76.3 Å². The van der Waals surface area contributed by atoms with E-state index in [4.69, 9.17) is 9.47 Å². The number of nitrogens with zero attached hydrogens (tertiary/aromatic N) is 3. The molecule has 2 aromatic rings. The fourth-order valence-corrected chi connectivity index (χ4v) is 4.25. The van der Waals surface area contributed by atoms with Crippen LogP contribution in [0.15, 0.2) is 52.4 Å². The van der Waals surface area contributed by atoms with Crippen molar-refractivity contribution < 1.29 is 19.4 Å². The van der Waals surface area contributed by atoms with E-state index in [1.54, 1.807) is 13.8 Å². The van der Waals surface area contributed by atoms with Gasteiger partial charge in [0, 0.05) is 35.9 Å². The van der Waals surface area contributed by atoms with Crippen molar-refractivity contribution in [2.24, 2.45) is 4.99 Å². The van der Waals surface area contributed by atoms with Crippen LogP contribution >= 0.6 is 0 Å². The zero-order chi connectivity index (χ0) is 22.8. The Morgan fingerprint density at radius 1 is 1.16 bits per heavy atom. The minimum Gasteiger partial charge on any atom is -0.505 e. The van der Waals surface area contributed by atoms with Crippen molar-refractivity contribution in [3.8, 4) is 5.69 Å². The van der Waals surface area contributed by atoms with E-state index in [2.05, 4.69) is 44.8 Å². The van der Waals surface area contributed by atoms with Gasteiger partial charge in [-0.1, -0.05) is 0 Å². The van der Waals surface area contributed by atoms with Crippen molar-refractivity contribution in [1.82, 2.24) is 4.57 Å². The summed E-state index contributed by atoms with van der Waals surface area (Å²) in [5.74, 6) is -0.693.